The minimum Gasteiger partial charge on any atom is -0.409 e. The molecular formula is C14H19Cl2N3OS. The van der Waals surface area contributed by atoms with Crippen LogP contribution in [0.2, 0.25) is 10.0 Å². The molecule has 1 aromatic rings. The Kier molecular flexibility index (Phi) is 5.66. The Morgan fingerprint density at radius 2 is 2.10 bits per heavy atom. The van der Waals surface area contributed by atoms with E-state index in [1.807, 2.05) is 18.4 Å². The van der Waals surface area contributed by atoms with Crippen molar-refractivity contribution in [1.29, 1.82) is 0 Å². The fourth-order valence-corrected chi connectivity index (χ4v) is 3.86. The molecule has 0 aliphatic carbocycles. The highest BCUT2D eigenvalue weighted by Gasteiger charge is 2.38. The van der Waals surface area contributed by atoms with Crippen LogP contribution in [0, 0.1) is 0 Å². The second kappa shape index (κ2) is 7.09. The maximum atomic E-state index is 8.96. The van der Waals surface area contributed by atoms with Crippen molar-refractivity contribution in [2.24, 2.45) is 10.9 Å². The molecule has 1 heterocycles. The quantitative estimate of drug-likeness (QED) is 0.379. The summed E-state index contributed by atoms with van der Waals surface area (Å²) < 4.78 is -0.261. The highest BCUT2D eigenvalue weighted by Crippen LogP contribution is 2.36. The number of rotatable bonds is 4. The van der Waals surface area contributed by atoms with Crippen LogP contribution in [0.4, 0.5) is 0 Å². The van der Waals surface area contributed by atoms with Gasteiger partial charge in [0.25, 0.3) is 0 Å². The molecule has 1 saturated heterocycles. The number of hydrogen-bond acceptors (Lipinski definition) is 4. The lowest BCUT2D eigenvalue weighted by atomic mass is 9.94. The average Bonchev–Trinajstić information content (AvgIpc) is 2.52. The summed E-state index contributed by atoms with van der Waals surface area (Å²) in [7, 11) is 0. The summed E-state index contributed by atoms with van der Waals surface area (Å²) in [5.41, 5.74) is 6.89. The predicted octanol–water partition coefficient (Wildman–Crippen LogP) is 3.44. The molecule has 0 spiro atoms. The molecule has 1 aliphatic rings. The number of halogens is 2. The highest BCUT2D eigenvalue weighted by atomic mass is 35.5. The van der Waals surface area contributed by atoms with Crippen molar-refractivity contribution in [2.45, 2.75) is 24.1 Å². The number of hydrogen-bond donors (Lipinski definition) is 2. The van der Waals surface area contributed by atoms with Crippen molar-refractivity contribution in [3.63, 3.8) is 0 Å². The van der Waals surface area contributed by atoms with Gasteiger partial charge in [0.2, 0.25) is 0 Å². The number of benzene rings is 1. The fourth-order valence-electron chi connectivity index (χ4n) is 2.64. The lowest BCUT2D eigenvalue weighted by Gasteiger charge is -2.39. The van der Waals surface area contributed by atoms with E-state index in [1.165, 1.54) is 0 Å². The van der Waals surface area contributed by atoms with Crippen molar-refractivity contribution in [1.82, 2.24) is 4.90 Å². The Morgan fingerprint density at radius 1 is 1.43 bits per heavy atom. The third-order valence-corrected chi connectivity index (χ3v) is 6.31. The summed E-state index contributed by atoms with van der Waals surface area (Å²) in [6, 6.07) is 5.70. The summed E-state index contributed by atoms with van der Waals surface area (Å²) >= 11 is 13.9. The number of likely N-dealkylation sites (tertiary alicyclic amines) is 1. The topological polar surface area (TPSA) is 61.9 Å². The van der Waals surface area contributed by atoms with E-state index < -0.39 is 0 Å². The second-order valence-corrected chi connectivity index (χ2v) is 7.15. The van der Waals surface area contributed by atoms with E-state index in [1.54, 1.807) is 17.8 Å². The van der Waals surface area contributed by atoms with Gasteiger partial charge in [-0.15, -0.1) is 0 Å². The van der Waals surface area contributed by atoms with E-state index in [9.17, 15) is 0 Å². The molecule has 7 heteroatoms. The summed E-state index contributed by atoms with van der Waals surface area (Å²) in [5, 5.41) is 13.4. The molecule has 0 amide bonds. The number of oxime groups is 1. The van der Waals surface area contributed by atoms with Crippen LogP contribution in [0.3, 0.4) is 0 Å². The normalized spacial score (nSPS) is 19.7. The molecule has 2 rings (SSSR count). The van der Waals surface area contributed by atoms with Crippen LogP contribution < -0.4 is 5.73 Å². The minimum absolute atomic E-state index is 0.261. The van der Waals surface area contributed by atoms with Gasteiger partial charge in [0.1, 0.15) is 0 Å². The van der Waals surface area contributed by atoms with E-state index in [4.69, 9.17) is 34.1 Å². The van der Waals surface area contributed by atoms with Gasteiger partial charge in [-0.3, -0.25) is 4.90 Å². The van der Waals surface area contributed by atoms with Crippen LogP contribution in [0.5, 0.6) is 0 Å². The van der Waals surface area contributed by atoms with Crippen molar-refractivity contribution >= 4 is 40.8 Å². The molecule has 0 saturated carbocycles. The molecule has 4 nitrogen and oxygen atoms in total. The zero-order valence-corrected chi connectivity index (χ0v) is 14.2. The highest BCUT2D eigenvalue weighted by molar-refractivity contribution is 8.00. The molecule has 0 aromatic heterocycles. The van der Waals surface area contributed by atoms with Crippen molar-refractivity contribution in [3.05, 3.63) is 33.8 Å². The monoisotopic (exact) mass is 347 g/mol. The van der Waals surface area contributed by atoms with E-state index in [0.717, 1.165) is 38.0 Å². The Balaban J connectivity index is 2.03. The Morgan fingerprint density at radius 3 is 2.67 bits per heavy atom. The minimum atomic E-state index is -0.261. The third kappa shape index (κ3) is 3.59. The first-order chi connectivity index (χ1) is 10.0. The maximum absolute atomic E-state index is 8.96. The van der Waals surface area contributed by atoms with E-state index >= 15 is 0 Å². The summed E-state index contributed by atoms with van der Waals surface area (Å²) in [4.78, 5) is 2.32. The number of nitrogens with two attached hydrogens (primary N) is 1. The first kappa shape index (κ1) is 16.7. The second-order valence-electron chi connectivity index (χ2n) is 5.17. The lowest BCUT2D eigenvalue weighted by Crippen LogP contribution is -2.49. The van der Waals surface area contributed by atoms with Crippen molar-refractivity contribution < 1.29 is 5.21 Å². The molecule has 0 atom stereocenters. The van der Waals surface area contributed by atoms with Gasteiger partial charge in [-0.2, -0.15) is 11.8 Å². The molecule has 21 heavy (non-hydrogen) atoms. The van der Waals surface area contributed by atoms with Crippen LogP contribution in [0.1, 0.15) is 18.4 Å². The summed E-state index contributed by atoms with van der Waals surface area (Å²) in [6.45, 7) is 2.51. The predicted molar refractivity (Wildman–Crippen MR) is 90.6 cm³/mol. The molecule has 1 aliphatic heterocycles. The fraction of sp³-hybridized carbons (Fsp3) is 0.500. The van der Waals surface area contributed by atoms with Crippen LogP contribution in [-0.4, -0.2) is 40.0 Å². The van der Waals surface area contributed by atoms with Gasteiger partial charge in [0, 0.05) is 19.6 Å². The Bertz CT molecular complexity index is 531. The lowest BCUT2D eigenvalue weighted by molar-refractivity contribution is 0.209. The first-order valence-electron chi connectivity index (χ1n) is 6.71. The largest absolute Gasteiger partial charge is 0.409 e. The third-order valence-electron chi connectivity index (χ3n) is 4.05. The standard InChI is InChI=1S/C14H19Cl2N3OS/c1-21-14(13(17)18-20)5-7-19(8-6-14)9-10-3-2-4-11(15)12(10)16/h2-4,20H,5-9H2,1H3,(H2,17,18). The van der Waals surface area contributed by atoms with Gasteiger partial charge in [-0.25, -0.2) is 0 Å². The average molecular weight is 348 g/mol. The van der Waals surface area contributed by atoms with E-state index in [2.05, 4.69) is 10.1 Å². The van der Waals surface area contributed by atoms with E-state index in [-0.39, 0.29) is 4.75 Å². The van der Waals surface area contributed by atoms with Gasteiger partial charge in [0.05, 0.1) is 14.8 Å². The summed E-state index contributed by atoms with van der Waals surface area (Å²) in [5.74, 6) is 0.315. The van der Waals surface area contributed by atoms with Crippen LogP contribution >= 0.6 is 35.0 Å². The van der Waals surface area contributed by atoms with Gasteiger partial charge in [-0.05, 0) is 30.7 Å². The van der Waals surface area contributed by atoms with Gasteiger partial charge in [-0.1, -0.05) is 40.5 Å². The van der Waals surface area contributed by atoms with Crippen molar-refractivity contribution in [2.75, 3.05) is 19.3 Å². The molecule has 116 valence electrons. The van der Waals surface area contributed by atoms with Crippen LogP contribution in [-0.2, 0) is 6.54 Å². The molecule has 1 fully saturated rings. The van der Waals surface area contributed by atoms with Gasteiger partial charge in [0.15, 0.2) is 5.84 Å². The number of piperidine rings is 1. The van der Waals surface area contributed by atoms with Crippen LogP contribution in [0.15, 0.2) is 23.4 Å². The van der Waals surface area contributed by atoms with Gasteiger partial charge >= 0.3 is 0 Å². The van der Waals surface area contributed by atoms with E-state index in [0.29, 0.717) is 15.9 Å². The maximum Gasteiger partial charge on any atom is 0.155 e. The summed E-state index contributed by atoms with van der Waals surface area (Å²) in [6.07, 6.45) is 3.70. The number of amidine groups is 1. The van der Waals surface area contributed by atoms with Gasteiger partial charge < -0.3 is 10.9 Å². The molecule has 3 N–H and O–H groups in total. The smallest absolute Gasteiger partial charge is 0.155 e. The number of thioether (sulfide) groups is 1. The first-order valence-corrected chi connectivity index (χ1v) is 8.69. The Labute approximate surface area is 139 Å². The number of nitrogens with zero attached hydrogens (tertiary/aromatic N) is 2. The molecule has 0 unspecified atom stereocenters. The van der Waals surface area contributed by atoms with Crippen molar-refractivity contribution in [3.8, 4) is 0 Å². The molecule has 0 radical (unpaired) electrons. The zero-order chi connectivity index (χ0) is 15.5. The molecule has 1 aromatic carbocycles. The SMILES string of the molecule is CSC1(/C(N)=N/O)CCN(Cc2cccc(Cl)c2Cl)CC1. The Hall–Kier alpha value is -0.620. The van der Waals surface area contributed by atoms with Crippen LogP contribution in [0.25, 0.3) is 0 Å². The molecule has 0 bridgehead atoms. The molecular weight excluding hydrogens is 329 g/mol. The zero-order valence-electron chi connectivity index (χ0n) is 11.9.